The zero-order valence-electron chi connectivity index (χ0n) is 11.3. The molecule has 1 rings (SSSR count). The maximum Gasteiger partial charge on any atom is 0.0591 e. The Balaban J connectivity index is 2.19. The first kappa shape index (κ1) is 14.2. The quantitative estimate of drug-likeness (QED) is 0.699. The minimum atomic E-state index is 0.611. The Morgan fingerprint density at radius 3 is 2.41 bits per heavy atom. The average Bonchev–Trinajstić information content (AvgIpc) is 2.34. The predicted octanol–water partition coefficient (Wildman–Crippen LogP) is 2.98. The Kier molecular flexibility index (Phi) is 6.90. The van der Waals surface area contributed by atoms with Crippen molar-refractivity contribution in [2.75, 3.05) is 26.3 Å². The fraction of sp³-hybridized carbons (Fsp3) is 0.600. The molecule has 96 valence electrons. The second-order valence-electron chi connectivity index (χ2n) is 4.61. The van der Waals surface area contributed by atoms with Crippen molar-refractivity contribution >= 4 is 0 Å². The second kappa shape index (κ2) is 8.26. The van der Waals surface area contributed by atoms with E-state index in [1.165, 1.54) is 11.1 Å². The van der Waals surface area contributed by atoms with Crippen molar-refractivity contribution in [2.24, 2.45) is 0 Å². The van der Waals surface area contributed by atoms with Gasteiger partial charge in [0, 0.05) is 6.54 Å². The van der Waals surface area contributed by atoms with Crippen LogP contribution in [0.25, 0.3) is 0 Å². The SMILES string of the molecule is CCNCCOCCc1ccc(C(C)C)cc1. The lowest BCUT2D eigenvalue weighted by Gasteiger charge is -2.07. The van der Waals surface area contributed by atoms with Gasteiger partial charge in [-0.1, -0.05) is 45.0 Å². The summed E-state index contributed by atoms with van der Waals surface area (Å²) in [4.78, 5) is 0. The molecule has 0 aliphatic rings. The molecular formula is C15H25NO. The molecule has 0 spiro atoms. The highest BCUT2D eigenvalue weighted by Gasteiger charge is 1.98. The van der Waals surface area contributed by atoms with E-state index < -0.39 is 0 Å². The van der Waals surface area contributed by atoms with Crippen LogP contribution >= 0.6 is 0 Å². The Morgan fingerprint density at radius 2 is 1.82 bits per heavy atom. The highest BCUT2D eigenvalue weighted by Crippen LogP contribution is 2.14. The van der Waals surface area contributed by atoms with Crippen LogP contribution in [0.15, 0.2) is 24.3 Å². The van der Waals surface area contributed by atoms with E-state index in [2.05, 4.69) is 50.4 Å². The number of hydrogen-bond donors (Lipinski definition) is 1. The van der Waals surface area contributed by atoms with Gasteiger partial charge < -0.3 is 10.1 Å². The molecule has 0 unspecified atom stereocenters. The fourth-order valence-electron chi connectivity index (χ4n) is 1.68. The first-order valence-electron chi connectivity index (χ1n) is 6.61. The molecule has 0 atom stereocenters. The normalized spacial score (nSPS) is 11.1. The number of likely N-dealkylation sites (N-methyl/N-ethyl adjacent to an activating group) is 1. The minimum Gasteiger partial charge on any atom is -0.380 e. The average molecular weight is 235 g/mol. The minimum absolute atomic E-state index is 0.611. The highest BCUT2D eigenvalue weighted by molar-refractivity contribution is 5.24. The molecule has 0 heterocycles. The molecule has 1 aromatic carbocycles. The zero-order valence-corrected chi connectivity index (χ0v) is 11.3. The van der Waals surface area contributed by atoms with Gasteiger partial charge in [-0.3, -0.25) is 0 Å². The summed E-state index contributed by atoms with van der Waals surface area (Å²) in [5.74, 6) is 0.611. The van der Waals surface area contributed by atoms with Crippen LogP contribution in [0.5, 0.6) is 0 Å². The lowest BCUT2D eigenvalue weighted by molar-refractivity contribution is 0.139. The summed E-state index contributed by atoms with van der Waals surface area (Å²) in [6, 6.07) is 8.86. The van der Waals surface area contributed by atoms with Gasteiger partial charge in [-0.25, -0.2) is 0 Å². The summed E-state index contributed by atoms with van der Waals surface area (Å²) in [7, 11) is 0. The van der Waals surface area contributed by atoms with Gasteiger partial charge in [0.15, 0.2) is 0 Å². The molecule has 0 saturated heterocycles. The molecule has 0 aromatic heterocycles. The van der Waals surface area contributed by atoms with Gasteiger partial charge >= 0.3 is 0 Å². The molecule has 2 nitrogen and oxygen atoms in total. The maximum absolute atomic E-state index is 5.55. The molecule has 2 heteroatoms. The summed E-state index contributed by atoms with van der Waals surface area (Å²) in [6.07, 6.45) is 1.00. The number of nitrogens with one attached hydrogen (secondary N) is 1. The Labute approximate surface area is 105 Å². The third-order valence-corrected chi connectivity index (χ3v) is 2.85. The third-order valence-electron chi connectivity index (χ3n) is 2.85. The molecule has 0 bridgehead atoms. The number of rotatable bonds is 8. The van der Waals surface area contributed by atoms with E-state index in [-0.39, 0.29) is 0 Å². The van der Waals surface area contributed by atoms with E-state index in [0.717, 1.165) is 32.7 Å². The van der Waals surface area contributed by atoms with Crippen LogP contribution in [0.2, 0.25) is 0 Å². The topological polar surface area (TPSA) is 21.3 Å². The van der Waals surface area contributed by atoms with Gasteiger partial charge in [-0.15, -0.1) is 0 Å². The zero-order chi connectivity index (χ0) is 12.5. The van der Waals surface area contributed by atoms with Gasteiger partial charge in [0.1, 0.15) is 0 Å². The molecule has 0 saturated carbocycles. The van der Waals surface area contributed by atoms with Crippen molar-refractivity contribution in [1.82, 2.24) is 5.32 Å². The van der Waals surface area contributed by atoms with Crippen molar-refractivity contribution in [3.63, 3.8) is 0 Å². The molecular weight excluding hydrogens is 210 g/mol. The molecule has 0 amide bonds. The summed E-state index contributed by atoms with van der Waals surface area (Å²) in [5.41, 5.74) is 2.76. The van der Waals surface area contributed by atoms with Gasteiger partial charge in [0.25, 0.3) is 0 Å². The molecule has 0 fully saturated rings. The number of ether oxygens (including phenoxy) is 1. The summed E-state index contributed by atoms with van der Waals surface area (Å²) in [6.45, 7) is 10.1. The van der Waals surface area contributed by atoms with Crippen LogP contribution in [0.4, 0.5) is 0 Å². The molecule has 0 aliphatic heterocycles. The second-order valence-corrected chi connectivity index (χ2v) is 4.61. The molecule has 1 N–H and O–H groups in total. The smallest absolute Gasteiger partial charge is 0.0591 e. The molecule has 1 aromatic rings. The van der Waals surface area contributed by atoms with Crippen LogP contribution in [0.3, 0.4) is 0 Å². The van der Waals surface area contributed by atoms with Crippen LogP contribution in [0, 0.1) is 0 Å². The van der Waals surface area contributed by atoms with E-state index >= 15 is 0 Å². The standard InChI is InChI=1S/C15H25NO/c1-4-16-10-12-17-11-9-14-5-7-15(8-6-14)13(2)3/h5-8,13,16H,4,9-12H2,1-3H3. The number of benzene rings is 1. The van der Waals surface area contributed by atoms with Crippen molar-refractivity contribution in [3.8, 4) is 0 Å². The molecule has 0 radical (unpaired) electrons. The first-order chi connectivity index (χ1) is 8.24. The predicted molar refractivity (Wildman–Crippen MR) is 73.6 cm³/mol. The van der Waals surface area contributed by atoms with Crippen molar-refractivity contribution < 1.29 is 4.74 Å². The Morgan fingerprint density at radius 1 is 1.12 bits per heavy atom. The third kappa shape index (κ3) is 5.85. The first-order valence-corrected chi connectivity index (χ1v) is 6.61. The summed E-state index contributed by atoms with van der Waals surface area (Å²) >= 11 is 0. The Bertz CT molecular complexity index is 292. The van der Waals surface area contributed by atoms with E-state index in [1.54, 1.807) is 0 Å². The van der Waals surface area contributed by atoms with Gasteiger partial charge in [0.2, 0.25) is 0 Å². The van der Waals surface area contributed by atoms with Crippen molar-refractivity contribution in [2.45, 2.75) is 33.1 Å². The summed E-state index contributed by atoms with van der Waals surface area (Å²) < 4.78 is 5.55. The van der Waals surface area contributed by atoms with Gasteiger partial charge in [-0.05, 0) is 30.0 Å². The van der Waals surface area contributed by atoms with Gasteiger partial charge in [0.05, 0.1) is 13.2 Å². The van der Waals surface area contributed by atoms with Crippen LogP contribution in [0.1, 0.15) is 37.8 Å². The van der Waals surface area contributed by atoms with E-state index in [0.29, 0.717) is 5.92 Å². The van der Waals surface area contributed by atoms with Crippen LogP contribution in [-0.4, -0.2) is 26.3 Å². The largest absolute Gasteiger partial charge is 0.380 e. The van der Waals surface area contributed by atoms with Crippen molar-refractivity contribution in [1.29, 1.82) is 0 Å². The Hall–Kier alpha value is -0.860. The summed E-state index contributed by atoms with van der Waals surface area (Å²) in [5, 5.41) is 3.24. The molecule has 0 aliphatic carbocycles. The van der Waals surface area contributed by atoms with E-state index in [1.807, 2.05) is 0 Å². The fourth-order valence-corrected chi connectivity index (χ4v) is 1.68. The highest BCUT2D eigenvalue weighted by atomic mass is 16.5. The van der Waals surface area contributed by atoms with Crippen LogP contribution in [-0.2, 0) is 11.2 Å². The van der Waals surface area contributed by atoms with Crippen LogP contribution < -0.4 is 5.32 Å². The monoisotopic (exact) mass is 235 g/mol. The lowest BCUT2D eigenvalue weighted by Crippen LogP contribution is -2.19. The van der Waals surface area contributed by atoms with Crippen molar-refractivity contribution in [3.05, 3.63) is 35.4 Å². The van der Waals surface area contributed by atoms with E-state index in [4.69, 9.17) is 4.74 Å². The van der Waals surface area contributed by atoms with Gasteiger partial charge in [-0.2, -0.15) is 0 Å². The lowest BCUT2D eigenvalue weighted by atomic mass is 10.0. The molecule has 17 heavy (non-hydrogen) atoms. The number of hydrogen-bond acceptors (Lipinski definition) is 2. The maximum atomic E-state index is 5.55. The van der Waals surface area contributed by atoms with E-state index in [9.17, 15) is 0 Å².